The van der Waals surface area contributed by atoms with Crippen molar-refractivity contribution in [1.82, 2.24) is 5.32 Å². The summed E-state index contributed by atoms with van der Waals surface area (Å²) < 4.78 is 23.3. The zero-order chi connectivity index (χ0) is 45.7. The SMILES string of the molecule is CCCCCCCCC/C=C\CCCCCCCCCC(=O)NC(COP(=O)([O-])OCC[N+](C)(C)C)C(O)/C=C/CCCCCCCCCCCCCCCCCCCCCC. The number of phosphoric acid groups is 1. The van der Waals surface area contributed by atoms with Gasteiger partial charge >= 0.3 is 0 Å². The summed E-state index contributed by atoms with van der Waals surface area (Å²) in [4.78, 5) is 25.4. The van der Waals surface area contributed by atoms with E-state index in [4.69, 9.17) is 9.05 Å². The standard InChI is InChI=1S/C53H105N2O6P/c1-6-8-10-12-14-16-18-20-22-24-26-27-28-29-30-32-34-36-38-40-42-44-46-52(56)51(50-61-62(58,59)60-49-48-55(3,4)5)54-53(57)47-45-43-41-39-37-35-33-31-25-23-21-19-17-15-13-11-9-7-2/h23,25,44,46,51-52,56H,6-22,24,26-43,45,47-50H2,1-5H3,(H-,54,57,58,59)/b25-23-,46-44+. The van der Waals surface area contributed by atoms with Gasteiger partial charge in [0.15, 0.2) is 0 Å². The van der Waals surface area contributed by atoms with Gasteiger partial charge in [-0.15, -0.1) is 0 Å². The summed E-state index contributed by atoms with van der Waals surface area (Å²) in [5.74, 6) is -0.199. The third-order valence-corrected chi connectivity index (χ3v) is 13.1. The fraction of sp³-hybridized carbons (Fsp3) is 0.906. The molecular formula is C53H105N2O6P. The molecule has 0 aromatic heterocycles. The number of aliphatic hydroxyl groups excluding tert-OH is 1. The molecular weight excluding hydrogens is 792 g/mol. The molecule has 0 saturated carbocycles. The number of hydrogen-bond donors (Lipinski definition) is 2. The lowest BCUT2D eigenvalue weighted by Crippen LogP contribution is -2.45. The maximum atomic E-state index is 12.9. The molecule has 0 aliphatic heterocycles. The molecule has 62 heavy (non-hydrogen) atoms. The highest BCUT2D eigenvalue weighted by atomic mass is 31.2. The molecule has 3 unspecified atom stereocenters. The first-order valence-corrected chi connectivity index (χ1v) is 28.2. The third kappa shape index (κ3) is 47.0. The van der Waals surface area contributed by atoms with Gasteiger partial charge in [0.1, 0.15) is 13.2 Å². The van der Waals surface area contributed by atoms with Crippen molar-refractivity contribution < 1.29 is 32.9 Å². The molecule has 0 fully saturated rings. The first-order chi connectivity index (χ1) is 30.0. The largest absolute Gasteiger partial charge is 0.756 e. The Balaban J connectivity index is 4.27. The van der Waals surface area contributed by atoms with Crippen LogP contribution in [0.15, 0.2) is 24.3 Å². The van der Waals surface area contributed by atoms with Crippen molar-refractivity contribution in [2.24, 2.45) is 0 Å². The van der Waals surface area contributed by atoms with Gasteiger partial charge in [-0.3, -0.25) is 9.36 Å². The van der Waals surface area contributed by atoms with Crippen LogP contribution in [0.1, 0.15) is 258 Å². The number of amides is 1. The van der Waals surface area contributed by atoms with Crippen molar-refractivity contribution in [3.05, 3.63) is 24.3 Å². The van der Waals surface area contributed by atoms with Gasteiger partial charge in [0, 0.05) is 6.42 Å². The lowest BCUT2D eigenvalue weighted by atomic mass is 10.0. The van der Waals surface area contributed by atoms with Crippen LogP contribution in [-0.2, 0) is 18.4 Å². The first-order valence-electron chi connectivity index (χ1n) is 26.7. The zero-order valence-corrected chi connectivity index (χ0v) is 42.7. The van der Waals surface area contributed by atoms with E-state index >= 15 is 0 Å². The maximum absolute atomic E-state index is 12.9. The van der Waals surface area contributed by atoms with Crippen LogP contribution >= 0.6 is 7.82 Å². The minimum Gasteiger partial charge on any atom is -0.756 e. The van der Waals surface area contributed by atoms with E-state index in [9.17, 15) is 19.4 Å². The summed E-state index contributed by atoms with van der Waals surface area (Å²) in [7, 11) is 1.27. The number of quaternary nitrogens is 1. The molecule has 3 atom stereocenters. The summed E-state index contributed by atoms with van der Waals surface area (Å²) in [6, 6.07) is -0.887. The van der Waals surface area contributed by atoms with Gasteiger partial charge in [-0.1, -0.05) is 231 Å². The van der Waals surface area contributed by atoms with E-state index in [0.29, 0.717) is 17.4 Å². The Kier molecular flexibility index (Phi) is 44.4. The Bertz CT molecular complexity index is 1060. The maximum Gasteiger partial charge on any atom is 0.268 e. The summed E-state index contributed by atoms with van der Waals surface area (Å²) in [6.45, 7) is 4.67. The van der Waals surface area contributed by atoms with Crippen molar-refractivity contribution >= 4 is 13.7 Å². The molecule has 0 saturated heterocycles. The minimum atomic E-state index is -4.59. The predicted octanol–water partition coefficient (Wildman–Crippen LogP) is 15.0. The summed E-state index contributed by atoms with van der Waals surface area (Å²) in [5.41, 5.74) is 0. The molecule has 1 amide bonds. The Morgan fingerprint density at radius 2 is 0.887 bits per heavy atom. The van der Waals surface area contributed by atoms with Crippen LogP contribution in [0, 0.1) is 0 Å². The van der Waals surface area contributed by atoms with Gasteiger partial charge in [-0.2, -0.15) is 0 Å². The fourth-order valence-electron chi connectivity index (χ4n) is 7.91. The molecule has 2 N–H and O–H groups in total. The smallest absolute Gasteiger partial charge is 0.268 e. The molecule has 0 aromatic carbocycles. The number of unbranched alkanes of at least 4 members (excludes halogenated alkanes) is 34. The number of hydrogen-bond acceptors (Lipinski definition) is 6. The van der Waals surface area contributed by atoms with E-state index in [1.807, 2.05) is 27.2 Å². The second-order valence-electron chi connectivity index (χ2n) is 19.6. The van der Waals surface area contributed by atoms with Gasteiger partial charge in [0.25, 0.3) is 7.82 Å². The zero-order valence-electron chi connectivity index (χ0n) is 41.8. The van der Waals surface area contributed by atoms with Crippen molar-refractivity contribution in [2.75, 3.05) is 40.9 Å². The van der Waals surface area contributed by atoms with Crippen LogP contribution in [0.3, 0.4) is 0 Å². The Labute approximate surface area is 385 Å². The van der Waals surface area contributed by atoms with Crippen LogP contribution in [-0.4, -0.2) is 68.5 Å². The second-order valence-corrected chi connectivity index (χ2v) is 21.0. The van der Waals surface area contributed by atoms with Crippen LogP contribution in [0.4, 0.5) is 0 Å². The van der Waals surface area contributed by atoms with E-state index in [1.54, 1.807) is 6.08 Å². The molecule has 0 heterocycles. The van der Waals surface area contributed by atoms with E-state index in [0.717, 1.165) is 38.5 Å². The van der Waals surface area contributed by atoms with Crippen molar-refractivity contribution in [3.8, 4) is 0 Å². The number of carbonyl (C=O) groups excluding carboxylic acids is 1. The van der Waals surface area contributed by atoms with E-state index in [2.05, 4.69) is 31.3 Å². The summed E-state index contributed by atoms with van der Waals surface area (Å²) in [6.07, 6.45) is 55.2. The molecule has 368 valence electrons. The van der Waals surface area contributed by atoms with Crippen LogP contribution in [0.5, 0.6) is 0 Å². The summed E-state index contributed by atoms with van der Waals surface area (Å²) in [5, 5.41) is 13.9. The van der Waals surface area contributed by atoms with Crippen LogP contribution in [0.2, 0.25) is 0 Å². The quantitative estimate of drug-likeness (QED) is 0.0273. The molecule has 9 heteroatoms. The Morgan fingerprint density at radius 1 is 0.548 bits per heavy atom. The Hall–Kier alpha value is -1.02. The predicted molar refractivity (Wildman–Crippen MR) is 265 cm³/mol. The summed E-state index contributed by atoms with van der Waals surface area (Å²) >= 11 is 0. The molecule has 8 nitrogen and oxygen atoms in total. The van der Waals surface area contributed by atoms with Gasteiger partial charge in [-0.25, -0.2) is 0 Å². The molecule has 0 aliphatic rings. The fourth-order valence-corrected chi connectivity index (χ4v) is 8.64. The Morgan fingerprint density at radius 3 is 1.26 bits per heavy atom. The number of carbonyl (C=O) groups is 1. The number of nitrogens with zero attached hydrogens (tertiary/aromatic N) is 1. The molecule has 0 aliphatic carbocycles. The third-order valence-electron chi connectivity index (χ3n) is 12.2. The average molecular weight is 897 g/mol. The van der Waals surface area contributed by atoms with E-state index in [-0.39, 0.29) is 19.1 Å². The number of phosphoric ester groups is 1. The normalized spacial score (nSPS) is 14.2. The number of likely N-dealkylation sites (N-methyl/N-ethyl adjacent to an activating group) is 1. The number of nitrogens with one attached hydrogen (secondary N) is 1. The van der Waals surface area contributed by atoms with Gasteiger partial charge in [0.05, 0.1) is 39.9 Å². The lowest BCUT2D eigenvalue weighted by Gasteiger charge is -2.29. The van der Waals surface area contributed by atoms with Gasteiger partial charge in [0.2, 0.25) is 5.91 Å². The van der Waals surface area contributed by atoms with Gasteiger partial charge < -0.3 is 28.8 Å². The van der Waals surface area contributed by atoms with Crippen LogP contribution in [0.25, 0.3) is 0 Å². The van der Waals surface area contributed by atoms with Crippen molar-refractivity contribution in [1.29, 1.82) is 0 Å². The minimum absolute atomic E-state index is 0.000356. The molecule has 0 bridgehead atoms. The second kappa shape index (κ2) is 45.1. The van der Waals surface area contributed by atoms with Crippen molar-refractivity contribution in [3.63, 3.8) is 0 Å². The molecule has 0 spiro atoms. The monoisotopic (exact) mass is 897 g/mol. The average Bonchev–Trinajstić information content (AvgIpc) is 3.23. The highest BCUT2D eigenvalue weighted by Crippen LogP contribution is 2.38. The number of rotatable bonds is 49. The first kappa shape index (κ1) is 61.0. The van der Waals surface area contributed by atoms with Crippen LogP contribution < -0.4 is 10.2 Å². The van der Waals surface area contributed by atoms with E-state index in [1.165, 1.54) is 199 Å². The number of allylic oxidation sites excluding steroid dienone is 3. The highest BCUT2D eigenvalue weighted by Gasteiger charge is 2.23. The van der Waals surface area contributed by atoms with Crippen molar-refractivity contribution in [2.45, 2.75) is 270 Å². The lowest BCUT2D eigenvalue weighted by molar-refractivity contribution is -0.870. The molecule has 0 rings (SSSR count). The van der Waals surface area contributed by atoms with E-state index < -0.39 is 20.0 Å². The number of aliphatic hydroxyl groups is 1. The topological polar surface area (TPSA) is 108 Å². The van der Waals surface area contributed by atoms with Gasteiger partial charge in [-0.05, 0) is 44.9 Å². The molecule has 0 radical (unpaired) electrons. The highest BCUT2D eigenvalue weighted by molar-refractivity contribution is 7.45. The molecule has 0 aromatic rings.